The van der Waals surface area contributed by atoms with E-state index in [9.17, 15) is 12.8 Å². The second-order valence-corrected chi connectivity index (χ2v) is 6.84. The maximum atomic E-state index is 13.2. The second-order valence-electron chi connectivity index (χ2n) is 3.98. The minimum atomic E-state index is -3.71. The van der Waals surface area contributed by atoms with Gasteiger partial charge in [-0.15, -0.1) is 0 Å². The smallest absolute Gasteiger partial charge is 0.244 e. The Morgan fingerprint density at radius 1 is 1.47 bits per heavy atom. The number of hydrogen-bond donors (Lipinski definition) is 1. The lowest BCUT2D eigenvalue weighted by Crippen LogP contribution is -2.29. The fraction of sp³-hybridized carbons (Fsp3) is 0.455. The zero-order chi connectivity index (χ0) is 14.6. The van der Waals surface area contributed by atoms with E-state index in [1.807, 2.05) is 0 Å². The molecular formula is C11H16BrFN2O3S. The summed E-state index contributed by atoms with van der Waals surface area (Å²) in [5, 5.41) is 0. The highest BCUT2D eigenvalue weighted by atomic mass is 79.9. The van der Waals surface area contributed by atoms with Crippen molar-refractivity contribution >= 4 is 31.6 Å². The number of nitrogen functional groups attached to an aromatic ring is 1. The number of nitrogens with zero attached hydrogens (tertiary/aromatic N) is 1. The van der Waals surface area contributed by atoms with E-state index < -0.39 is 15.8 Å². The van der Waals surface area contributed by atoms with Gasteiger partial charge in [0.1, 0.15) is 5.82 Å². The molecule has 0 fully saturated rings. The highest BCUT2D eigenvalue weighted by Crippen LogP contribution is 2.28. The van der Waals surface area contributed by atoms with E-state index in [1.165, 1.54) is 11.4 Å². The van der Waals surface area contributed by atoms with Gasteiger partial charge in [-0.05, 0) is 34.5 Å². The van der Waals surface area contributed by atoms with E-state index in [0.717, 1.165) is 12.1 Å². The van der Waals surface area contributed by atoms with Crippen LogP contribution in [0.25, 0.3) is 0 Å². The first-order chi connectivity index (χ1) is 8.80. The van der Waals surface area contributed by atoms with Gasteiger partial charge in [0, 0.05) is 31.8 Å². The van der Waals surface area contributed by atoms with Gasteiger partial charge in [0.15, 0.2) is 0 Å². The van der Waals surface area contributed by atoms with Gasteiger partial charge in [0.25, 0.3) is 0 Å². The summed E-state index contributed by atoms with van der Waals surface area (Å²) >= 11 is 3.04. The van der Waals surface area contributed by atoms with Crippen LogP contribution in [0.5, 0.6) is 0 Å². The number of rotatable bonds is 6. The lowest BCUT2D eigenvalue weighted by atomic mass is 10.3. The predicted molar refractivity (Wildman–Crippen MR) is 74.8 cm³/mol. The Morgan fingerprint density at radius 2 is 2.11 bits per heavy atom. The topological polar surface area (TPSA) is 72.6 Å². The lowest BCUT2D eigenvalue weighted by molar-refractivity contribution is 0.189. The summed E-state index contributed by atoms with van der Waals surface area (Å²) in [4.78, 5) is -0.0497. The van der Waals surface area contributed by atoms with E-state index >= 15 is 0 Å². The van der Waals surface area contributed by atoms with Crippen molar-refractivity contribution in [3.63, 3.8) is 0 Å². The molecule has 0 saturated heterocycles. The van der Waals surface area contributed by atoms with E-state index in [1.54, 1.807) is 7.11 Å². The van der Waals surface area contributed by atoms with Crippen molar-refractivity contribution in [2.75, 3.05) is 33.0 Å². The number of sulfonamides is 1. The molecule has 0 unspecified atom stereocenters. The molecular weight excluding hydrogens is 339 g/mol. The first-order valence-corrected chi connectivity index (χ1v) is 7.73. The van der Waals surface area contributed by atoms with Crippen molar-refractivity contribution in [3.05, 3.63) is 22.4 Å². The van der Waals surface area contributed by atoms with Gasteiger partial charge < -0.3 is 10.5 Å². The number of halogens is 2. The Balaban J connectivity index is 3.03. The van der Waals surface area contributed by atoms with Crippen LogP contribution in [0.3, 0.4) is 0 Å². The summed E-state index contributed by atoms with van der Waals surface area (Å²) < 4.78 is 44.0. The zero-order valence-electron chi connectivity index (χ0n) is 10.7. The molecule has 5 nitrogen and oxygen atoms in total. The van der Waals surface area contributed by atoms with Crippen LogP contribution >= 0.6 is 15.9 Å². The van der Waals surface area contributed by atoms with Crippen LogP contribution in [0, 0.1) is 5.82 Å². The molecule has 1 aromatic carbocycles. The summed E-state index contributed by atoms with van der Waals surface area (Å²) in [6, 6.07) is 2.16. The van der Waals surface area contributed by atoms with Crippen LogP contribution in [0.2, 0.25) is 0 Å². The van der Waals surface area contributed by atoms with Gasteiger partial charge in [-0.3, -0.25) is 0 Å². The average Bonchev–Trinajstić information content (AvgIpc) is 2.33. The fourth-order valence-electron chi connectivity index (χ4n) is 1.46. The first kappa shape index (κ1) is 16.4. The molecule has 0 atom stereocenters. The first-order valence-electron chi connectivity index (χ1n) is 5.50. The minimum Gasteiger partial charge on any atom is -0.396 e. The van der Waals surface area contributed by atoms with Crippen molar-refractivity contribution in [3.8, 4) is 0 Å². The predicted octanol–water partition coefficient (Wildman–Crippen LogP) is 1.83. The van der Waals surface area contributed by atoms with Gasteiger partial charge in [0.2, 0.25) is 10.0 Å². The van der Waals surface area contributed by atoms with Crippen LogP contribution in [0.15, 0.2) is 21.5 Å². The number of benzene rings is 1. The van der Waals surface area contributed by atoms with E-state index in [0.29, 0.717) is 19.6 Å². The summed E-state index contributed by atoms with van der Waals surface area (Å²) in [5.74, 6) is -0.659. The van der Waals surface area contributed by atoms with E-state index in [4.69, 9.17) is 10.5 Å². The highest BCUT2D eigenvalue weighted by molar-refractivity contribution is 9.10. The standard InChI is InChI=1S/C11H16BrFN2O3S/c1-15(4-3-5-18-2)19(16,17)11-7-10(14)9(13)6-8(11)12/h6-7H,3-5,14H2,1-2H3. The molecule has 2 N–H and O–H groups in total. The van der Waals surface area contributed by atoms with Gasteiger partial charge >= 0.3 is 0 Å². The monoisotopic (exact) mass is 354 g/mol. The molecule has 0 spiro atoms. The van der Waals surface area contributed by atoms with Gasteiger partial charge in [-0.2, -0.15) is 0 Å². The van der Waals surface area contributed by atoms with Crippen molar-refractivity contribution in [2.24, 2.45) is 0 Å². The van der Waals surface area contributed by atoms with Crippen LogP contribution in [0.4, 0.5) is 10.1 Å². The molecule has 0 bridgehead atoms. The average molecular weight is 355 g/mol. The number of ether oxygens (including phenoxy) is 1. The molecule has 0 radical (unpaired) electrons. The molecule has 0 aliphatic heterocycles. The van der Waals surface area contributed by atoms with Crippen LogP contribution in [0.1, 0.15) is 6.42 Å². The number of methoxy groups -OCH3 is 1. The summed E-state index contributed by atoms with van der Waals surface area (Å²) in [6.07, 6.45) is 0.570. The molecule has 1 rings (SSSR count). The summed E-state index contributed by atoms with van der Waals surface area (Å²) in [7, 11) is -0.702. The maximum Gasteiger partial charge on any atom is 0.244 e. The maximum absolute atomic E-state index is 13.2. The van der Waals surface area contributed by atoms with Crippen molar-refractivity contribution in [1.29, 1.82) is 0 Å². The third-order valence-corrected chi connectivity index (χ3v) is 5.38. The Hall–Kier alpha value is -0.700. The van der Waals surface area contributed by atoms with Crippen molar-refractivity contribution < 1.29 is 17.5 Å². The Labute approximate surface area is 120 Å². The van der Waals surface area contributed by atoms with Crippen molar-refractivity contribution in [2.45, 2.75) is 11.3 Å². The molecule has 0 aromatic heterocycles. The Bertz CT molecular complexity index is 551. The number of anilines is 1. The Kier molecular flexibility index (Phi) is 5.72. The highest BCUT2D eigenvalue weighted by Gasteiger charge is 2.24. The second kappa shape index (κ2) is 6.65. The number of nitrogens with two attached hydrogens (primary N) is 1. The lowest BCUT2D eigenvalue weighted by Gasteiger charge is -2.18. The Morgan fingerprint density at radius 3 is 2.68 bits per heavy atom. The van der Waals surface area contributed by atoms with Crippen LogP contribution in [-0.4, -0.2) is 40.0 Å². The number of hydrogen-bond acceptors (Lipinski definition) is 4. The largest absolute Gasteiger partial charge is 0.396 e. The molecule has 8 heteroatoms. The molecule has 0 heterocycles. The fourth-order valence-corrected chi connectivity index (χ4v) is 3.68. The third-order valence-electron chi connectivity index (χ3n) is 2.56. The molecule has 0 aliphatic rings. The summed E-state index contributed by atoms with van der Waals surface area (Å²) in [6.45, 7) is 0.770. The van der Waals surface area contributed by atoms with Crippen molar-refractivity contribution in [1.82, 2.24) is 4.31 Å². The molecule has 1 aromatic rings. The quantitative estimate of drug-likeness (QED) is 0.624. The summed E-state index contributed by atoms with van der Waals surface area (Å²) in [5.41, 5.74) is 5.21. The normalized spacial score (nSPS) is 12.1. The van der Waals surface area contributed by atoms with Gasteiger partial charge in [0.05, 0.1) is 10.6 Å². The van der Waals surface area contributed by atoms with Gasteiger partial charge in [-0.25, -0.2) is 17.1 Å². The minimum absolute atomic E-state index is 0.0497. The molecule has 19 heavy (non-hydrogen) atoms. The van der Waals surface area contributed by atoms with Gasteiger partial charge in [-0.1, -0.05) is 0 Å². The van der Waals surface area contributed by atoms with E-state index in [-0.39, 0.29) is 15.1 Å². The third kappa shape index (κ3) is 3.88. The SMILES string of the molecule is COCCCN(C)S(=O)(=O)c1cc(N)c(F)cc1Br. The molecule has 0 saturated carbocycles. The molecule has 108 valence electrons. The molecule has 0 aliphatic carbocycles. The molecule has 0 amide bonds. The van der Waals surface area contributed by atoms with E-state index in [2.05, 4.69) is 15.9 Å². The van der Waals surface area contributed by atoms with Crippen LogP contribution < -0.4 is 5.73 Å². The van der Waals surface area contributed by atoms with Crippen LogP contribution in [-0.2, 0) is 14.8 Å². The zero-order valence-corrected chi connectivity index (χ0v) is 13.1.